The maximum Gasteiger partial charge on any atom is 0.419 e. The average molecular weight is 723 g/mol. The van der Waals surface area contributed by atoms with Crippen LogP contribution in [-0.2, 0) is 19.4 Å². The molecule has 3 heterocycles. The second-order valence-corrected chi connectivity index (χ2v) is 12.2. The molecular formula is C38H35FN6O8. The van der Waals surface area contributed by atoms with Crippen molar-refractivity contribution in [3.8, 4) is 46.0 Å². The molecule has 0 unspecified atom stereocenters. The number of hydrogen-bond donors (Lipinski definition) is 1. The maximum absolute atomic E-state index is 13.6. The van der Waals surface area contributed by atoms with Gasteiger partial charge in [0.2, 0.25) is 5.82 Å². The van der Waals surface area contributed by atoms with Crippen LogP contribution >= 0.6 is 0 Å². The predicted octanol–water partition coefficient (Wildman–Crippen LogP) is 5.82. The van der Waals surface area contributed by atoms with Gasteiger partial charge in [0.15, 0.2) is 28.4 Å². The van der Waals surface area contributed by atoms with E-state index in [0.29, 0.717) is 22.7 Å². The molecule has 0 spiro atoms. The van der Waals surface area contributed by atoms with Crippen LogP contribution in [-0.4, -0.2) is 72.7 Å². The van der Waals surface area contributed by atoms with Gasteiger partial charge in [-0.2, -0.15) is 0 Å². The van der Waals surface area contributed by atoms with Crippen LogP contribution in [0.1, 0.15) is 16.7 Å². The number of aromatic nitrogens is 4. The number of carbonyl (C=O) groups excluding carboxylic acids is 1. The highest BCUT2D eigenvalue weighted by molar-refractivity contribution is 5.92. The normalized spacial score (nSPS) is 12.6. The lowest BCUT2D eigenvalue weighted by atomic mass is 9.98. The van der Waals surface area contributed by atoms with E-state index in [2.05, 4.69) is 37.8 Å². The number of amides is 1. The van der Waals surface area contributed by atoms with Gasteiger partial charge in [0.05, 0.1) is 56.8 Å². The van der Waals surface area contributed by atoms with E-state index in [1.807, 2.05) is 24.3 Å². The highest BCUT2D eigenvalue weighted by Crippen LogP contribution is 2.38. The molecule has 1 aliphatic rings. The van der Waals surface area contributed by atoms with Crippen molar-refractivity contribution in [1.82, 2.24) is 25.1 Å². The fourth-order valence-electron chi connectivity index (χ4n) is 6.20. The smallest absolute Gasteiger partial charge is 0.419 e. The van der Waals surface area contributed by atoms with Gasteiger partial charge in [0.25, 0.3) is 5.95 Å². The second kappa shape index (κ2) is 15.0. The molecule has 0 saturated heterocycles. The van der Waals surface area contributed by atoms with Gasteiger partial charge in [-0.25, -0.2) is 9.18 Å². The number of fused-ring (bicyclic) bond motifs is 2. The molecule has 1 aliphatic heterocycles. The summed E-state index contributed by atoms with van der Waals surface area (Å²) in [5.74, 6) is 1.34. The van der Waals surface area contributed by atoms with Crippen molar-refractivity contribution in [1.29, 1.82) is 0 Å². The number of methoxy groups -OCH3 is 4. The minimum atomic E-state index is -0.986. The summed E-state index contributed by atoms with van der Waals surface area (Å²) < 4.78 is 46.3. The molecule has 14 nitrogen and oxygen atoms in total. The topological polar surface area (TPSA) is 152 Å². The van der Waals surface area contributed by atoms with Crippen LogP contribution < -0.4 is 34.4 Å². The molecule has 272 valence electrons. The number of halogens is 1. The van der Waals surface area contributed by atoms with E-state index in [-0.39, 0.29) is 28.4 Å². The van der Waals surface area contributed by atoms with Gasteiger partial charge in [-0.15, -0.1) is 15.0 Å². The zero-order chi connectivity index (χ0) is 37.1. The monoisotopic (exact) mass is 722 g/mol. The summed E-state index contributed by atoms with van der Waals surface area (Å²) >= 11 is 0. The number of nitrogens with one attached hydrogen (secondary N) is 1. The molecule has 0 atom stereocenters. The Morgan fingerprint density at radius 1 is 0.868 bits per heavy atom. The maximum atomic E-state index is 13.6. The molecule has 1 N–H and O–H groups in total. The summed E-state index contributed by atoms with van der Waals surface area (Å²) in [7, 11) is 6.23. The van der Waals surface area contributed by atoms with E-state index < -0.39 is 17.3 Å². The molecule has 53 heavy (non-hydrogen) atoms. The molecular weight excluding hydrogens is 687 g/mol. The quantitative estimate of drug-likeness (QED) is 0.172. The van der Waals surface area contributed by atoms with Crippen molar-refractivity contribution in [2.75, 3.05) is 46.8 Å². The third-order valence-electron chi connectivity index (χ3n) is 8.96. The number of carbonyl (C=O) groups is 1. The lowest BCUT2D eigenvalue weighted by molar-refractivity contribution is 0.202. The minimum Gasteiger partial charge on any atom is -0.493 e. The number of ether oxygens (including phenoxy) is 5. The third-order valence-corrected chi connectivity index (χ3v) is 8.96. The number of tetrazole rings is 1. The first-order chi connectivity index (χ1) is 25.7. The van der Waals surface area contributed by atoms with Gasteiger partial charge in [-0.1, -0.05) is 12.1 Å². The van der Waals surface area contributed by atoms with Crippen molar-refractivity contribution in [2.24, 2.45) is 0 Å². The molecule has 4 aromatic carbocycles. The Morgan fingerprint density at radius 2 is 1.57 bits per heavy atom. The van der Waals surface area contributed by atoms with Gasteiger partial charge < -0.3 is 28.1 Å². The van der Waals surface area contributed by atoms with E-state index in [1.54, 1.807) is 20.3 Å². The Hall–Kier alpha value is -6.48. The van der Waals surface area contributed by atoms with Gasteiger partial charge in [0, 0.05) is 25.7 Å². The van der Waals surface area contributed by atoms with E-state index >= 15 is 0 Å². The first-order valence-corrected chi connectivity index (χ1v) is 16.6. The first kappa shape index (κ1) is 34.9. The van der Waals surface area contributed by atoms with Crippen molar-refractivity contribution in [2.45, 2.75) is 19.4 Å². The van der Waals surface area contributed by atoms with Gasteiger partial charge >= 0.3 is 6.09 Å². The fraction of sp³-hybridized carbons (Fsp3) is 0.237. The van der Waals surface area contributed by atoms with Crippen LogP contribution in [0.4, 0.5) is 14.9 Å². The van der Waals surface area contributed by atoms with Crippen molar-refractivity contribution >= 4 is 22.7 Å². The van der Waals surface area contributed by atoms with Gasteiger partial charge in [-0.05, 0) is 83.3 Å². The Bertz CT molecular complexity index is 2360. The molecule has 6 aromatic rings. The van der Waals surface area contributed by atoms with Crippen molar-refractivity contribution in [3.63, 3.8) is 0 Å². The first-order valence-electron chi connectivity index (χ1n) is 16.6. The summed E-state index contributed by atoms with van der Waals surface area (Å²) in [5.41, 5.74) is 4.40. The van der Waals surface area contributed by atoms with Crippen LogP contribution in [0.5, 0.6) is 28.9 Å². The fourth-order valence-corrected chi connectivity index (χ4v) is 6.20. The summed E-state index contributed by atoms with van der Waals surface area (Å²) in [6.07, 6.45) is 0.815. The lowest BCUT2D eigenvalue weighted by Gasteiger charge is -2.29. The SMILES string of the molecule is COc1cc2c(cc1OC)CN(CCc1ccc(-n3nnc(-c4cc(OC)c(OC)cc4NC(=O)Oc4cc(=O)c5cc(F)ccc5o4)n3)cc1)CC2. The molecule has 1 amide bonds. The molecule has 7 rings (SSSR count). The van der Waals surface area contributed by atoms with E-state index in [0.717, 1.165) is 67.7 Å². The standard InChI is InChI=1S/C38H35FN6O8/c1-48-32-15-23-12-14-44(21-24(23)16-33(32)49-2)13-11-22-5-8-26(9-6-22)45-42-37(41-43-45)27-18-34(50-3)35(51-4)19-29(27)40-38(47)53-36-20-30(46)28-17-25(39)7-10-31(28)52-36/h5-10,15-20H,11-14,21H2,1-4H3,(H,40,47). The molecule has 0 saturated carbocycles. The molecule has 0 bridgehead atoms. The molecule has 0 fully saturated rings. The summed E-state index contributed by atoms with van der Waals surface area (Å²) in [4.78, 5) is 29.3. The van der Waals surface area contributed by atoms with Crippen LogP contribution in [0, 0.1) is 5.82 Å². The zero-order valence-corrected chi connectivity index (χ0v) is 29.3. The summed E-state index contributed by atoms with van der Waals surface area (Å²) in [6.45, 7) is 2.69. The number of rotatable bonds is 11. The van der Waals surface area contributed by atoms with E-state index in [9.17, 15) is 14.0 Å². The molecule has 2 aromatic heterocycles. The Labute approximate surface area is 302 Å². The van der Waals surface area contributed by atoms with Crippen LogP contribution in [0.25, 0.3) is 28.0 Å². The Morgan fingerprint density at radius 3 is 2.30 bits per heavy atom. The highest BCUT2D eigenvalue weighted by Gasteiger charge is 2.22. The number of anilines is 1. The summed E-state index contributed by atoms with van der Waals surface area (Å²) in [5, 5.41) is 15.7. The van der Waals surface area contributed by atoms with E-state index in [1.165, 1.54) is 42.3 Å². The van der Waals surface area contributed by atoms with Gasteiger partial charge in [0.1, 0.15) is 11.4 Å². The Kier molecular flexibility index (Phi) is 9.90. The molecule has 15 heteroatoms. The average Bonchev–Trinajstić information content (AvgIpc) is 3.67. The van der Waals surface area contributed by atoms with Crippen molar-refractivity contribution in [3.05, 3.63) is 106 Å². The number of nitrogens with zero attached hydrogens (tertiary/aromatic N) is 5. The second-order valence-electron chi connectivity index (χ2n) is 12.2. The zero-order valence-electron chi connectivity index (χ0n) is 29.3. The van der Waals surface area contributed by atoms with Crippen molar-refractivity contribution < 1.29 is 37.3 Å². The predicted molar refractivity (Wildman–Crippen MR) is 192 cm³/mol. The highest BCUT2D eigenvalue weighted by atomic mass is 19.1. The van der Waals surface area contributed by atoms with Gasteiger partial charge in [-0.3, -0.25) is 15.0 Å². The lowest BCUT2D eigenvalue weighted by Crippen LogP contribution is -2.32. The van der Waals surface area contributed by atoms with Crippen LogP contribution in [0.3, 0.4) is 0 Å². The summed E-state index contributed by atoms with van der Waals surface area (Å²) in [6, 6.07) is 19.6. The number of hydrogen-bond acceptors (Lipinski definition) is 12. The van der Waals surface area contributed by atoms with E-state index in [4.69, 9.17) is 28.1 Å². The van der Waals surface area contributed by atoms with Crippen LogP contribution in [0.15, 0.2) is 82.0 Å². The van der Waals surface area contributed by atoms with Crippen LogP contribution in [0.2, 0.25) is 0 Å². The molecule has 0 aliphatic carbocycles. The largest absolute Gasteiger partial charge is 0.493 e. The number of benzene rings is 4. The Balaban J connectivity index is 1.05. The molecule has 0 radical (unpaired) electrons. The minimum absolute atomic E-state index is 0.0104. The third kappa shape index (κ3) is 7.46.